The maximum atomic E-state index is 11.0. The van der Waals surface area contributed by atoms with Crippen LogP contribution < -0.4 is 5.73 Å². The molecular formula is C11H13NO2. The first-order valence-electron chi connectivity index (χ1n) is 4.74. The molecule has 1 aliphatic heterocycles. The molecule has 0 saturated carbocycles. The molecule has 0 spiro atoms. The van der Waals surface area contributed by atoms with E-state index in [0.717, 1.165) is 6.42 Å². The van der Waals surface area contributed by atoms with Gasteiger partial charge in [0.05, 0.1) is 6.42 Å². The standard InChI is InChI=1S/C11H13NO2/c12-11-9(7-10(13)14-11)6-8-4-2-1-3-5-8/h1-5,9,11H,6-7,12H2/t9-,11-/m1/s1. The topological polar surface area (TPSA) is 52.3 Å². The molecule has 0 aliphatic carbocycles. The smallest absolute Gasteiger partial charge is 0.307 e. The second-order valence-electron chi connectivity index (χ2n) is 3.61. The van der Waals surface area contributed by atoms with Gasteiger partial charge in [-0.15, -0.1) is 0 Å². The highest BCUT2D eigenvalue weighted by molar-refractivity contribution is 5.72. The number of carbonyl (C=O) groups excluding carboxylic acids is 1. The predicted octanol–water partition coefficient (Wildman–Crippen LogP) is 1.08. The van der Waals surface area contributed by atoms with E-state index in [1.165, 1.54) is 5.56 Å². The van der Waals surface area contributed by atoms with Crippen molar-refractivity contribution in [2.75, 3.05) is 0 Å². The molecule has 0 radical (unpaired) electrons. The third-order valence-electron chi connectivity index (χ3n) is 2.50. The molecule has 2 rings (SSSR count). The molecule has 0 aromatic heterocycles. The van der Waals surface area contributed by atoms with Crippen molar-refractivity contribution in [1.82, 2.24) is 0 Å². The van der Waals surface area contributed by atoms with Crippen LogP contribution in [0.15, 0.2) is 30.3 Å². The lowest BCUT2D eigenvalue weighted by Gasteiger charge is -2.11. The van der Waals surface area contributed by atoms with Crippen LogP contribution in [0.1, 0.15) is 12.0 Å². The Balaban J connectivity index is 2.02. The van der Waals surface area contributed by atoms with Gasteiger partial charge in [-0.2, -0.15) is 0 Å². The number of ether oxygens (including phenoxy) is 1. The van der Waals surface area contributed by atoms with E-state index in [9.17, 15) is 4.79 Å². The Morgan fingerprint density at radius 3 is 2.64 bits per heavy atom. The summed E-state index contributed by atoms with van der Waals surface area (Å²) < 4.78 is 4.88. The molecule has 1 aromatic rings. The largest absolute Gasteiger partial charge is 0.446 e. The molecule has 2 atom stereocenters. The van der Waals surface area contributed by atoms with Gasteiger partial charge in [-0.05, 0) is 12.0 Å². The molecule has 2 N–H and O–H groups in total. The number of carbonyl (C=O) groups is 1. The van der Waals surface area contributed by atoms with Gasteiger partial charge in [0.15, 0.2) is 6.23 Å². The lowest BCUT2D eigenvalue weighted by molar-refractivity contribution is -0.141. The molecule has 0 amide bonds. The van der Waals surface area contributed by atoms with Crippen LogP contribution in [-0.2, 0) is 16.0 Å². The Labute approximate surface area is 82.9 Å². The summed E-state index contributed by atoms with van der Waals surface area (Å²) in [7, 11) is 0. The van der Waals surface area contributed by atoms with Gasteiger partial charge < -0.3 is 4.74 Å². The van der Waals surface area contributed by atoms with E-state index in [4.69, 9.17) is 10.5 Å². The summed E-state index contributed by atoms with van der Waals surface area (Å²) >= 11 is 0. The maximum absolute atomic E-state index is 11.0. The fourth-order valence-corrected chi connectivity index (χ4v) is 1.73. The molecule has 1 saturated heterocycles. The molecule has 1 heterocycles. The van der Waals surface area contributed by atoms with Crippen molar-refractivity contribution >= 4 is 5.97 Å². The van der Waals surface area contributed by atoms with Crippen molar-refractivity contribution < 1.29 is 9.53 Å². The molecule has 3 heteroatoms. The van der Waals surface area contributed by atoms with E-state index in [1.807, 2.05) is 30.3 Å². The summed E-state index contributed by atoms with van der Waals surface area (Å²) in [6, 6.07) is 10.0. The number of hydrogen-bond donors (Lipinski definition) is 1. The highest BCUT2D eigenvalue weighted by Crippen LogP contribution is 2.22. The summed E-state index contributed by atoms with van der Waals surface area (Å²) in [5.41, 5.74) is 6.87. The van der Waals surface area contributed by atoms with Gasteiger partial charge in [0.2, 0.25) is 0 Å². The molecule has 1 aliphatic rings. The molecule has 0 bridgehead atoms. The third-order valence-corrected chi connectivity index (χ3v) is 2.50. The Kier molecular flexibility index (Phi) is 2.50. The Morgan fingerprint density at radius 2 is 2.07 bits per heavy atom. The van der Waals surface area contributed by atoms with Crippen LogP contribution in [0.4, 0.5) is 0 Å². The van der Waals surface area contributed by atoms with E-state index in [0.29, 0.717) is 6.42 Å². The van der Waals surface area contributed by atoms with Crippen LogP contribution in [0.3, 0.4) is 0 Å². The van der Waals surface area contributed by atoms with Crippen LogP contribution in [-0.4, -0.2) is 12.2 Å². The molecular weight excluding hydrogens is 178 g/mol. The average molecular weight is 191 g/mol. The van der Waals surface area contributed by atoms with Crippen LogP contribution >= 0.6 is 0 Å². The number of benzene rings is 1. The van der Waals surface area contributed by atoms with Crippen LogP contribution in [0.5, 0.6) is 0 Å². The van der Waals surface area contributed by atoms with E-state index in [1.54, 1.807) is 0 Å². The lowest BCUT2D eigenvalue weighted by Crippen LogP contribution is -2.27. The Bertz CT molecular complexity index is 323. The molecule has 0 unspecified atom stereocenters. The quantitative estimate of drug-likeness (QED) is 0.711. The van der Waals surface area contributed by atoms with E-state index in [-0.39, 0.29) is 11.9 Å². The van der Waals surface area contributed by atoms with Gasteiger partial charge in [-0.25, -0.2) is 0 Å². The molecule has 3 nitrogen and oxygen atoms in total. The minimum Gasteiger partial charge on any atom is -0.446 e. The zero-order valence-corrected chi connectivity index (χ0v) is 7.85. The van der Waals surface area contributed by atoms with Crippen molar-refractivity contribution in [2.45, 2.75) is 19.1 Å². The van der Waals surface area contributed by atoms with E-state index >= 15 is 0 Å². The first-order valence-corrected chi connectivity index (χ1v) is 4.74. The van der Waals surface area contributed by atoms with Crippen LogP contribution in [0, 0.1) is 5.92 Å². The zero-order valence-electron chi connectivity index (χ0n) is 7.85. The van der Waals surface area contributed by atoms with Crippen LogP contribution in [0.2, 0.25) is 0 Å². The summed E-state index contributed by atoms with van der Waals surface area (Å²) in [5, 5.41) is 0. The van der Waals surface area contributed by atoms with Gasteiger partial charge in [0.1, 0.15) is 0 Å². The fraction of sp³-hybridized carbons (Fsp3) is 0.364. The van der Waals surface area contributed by atoms with Gasteiger partial charge in [0, 0.05) is 5.92 Å². The first kappa shape index (κ1) is 9.21. The fourth-order valence-electron chi connectivity index (χ4n) is 1.73. The number of hydrogen-bond acceptors (Lipinski definition) is 3. The number of esters is 1. The average Bonchev–Trinajstić information content (AvgIpc) is 2.47. The van der Waals surface area contributed by atoms with Gasteiger partial charge in [-0.3, -0.25) is 10.5 Å². The van der Waals surface area contributed by atoms with Crippen molar-refractivity contribution in [3.8, 4) is 0 Å². The highest BCUT2D eigenvalue weighted by atomic mass is 16.6. The Morgan fingerprint density at radius 1 is 1.36 bits per heavy atom. The summed E-state index contributed by atoms with van der Waals surface area (Å²) in [6.07, 6.45) is 0.826. The molecule has 74 valence electrons. The van der Waals surface area contributed by atoms with Gasteiger partial charge in [-0.1, -0.05) is 30.3 Å². The minimum atomic E-state index is -0.428. The second-order valence-corrected chi connectivity index (χ2v) is 3.61. The minimum absolute atomic E-state index is 0.130. The first-order chi connectivity index (χ1) is 6.75. The normalized spacial score (nSPS) is 26.2. The van der Waals surface area contributed by atoms with Crippen molar-refractivity contribution in [1.29, 1.82) is 0 Å². The van der Waals surface area contributed by atoms with Crippen molar-refractivity contribution in [3.05, 3.63) is 35.9 Å². The van der Waals surface area contributed by atoms with Crippen molar-refractivity contribution in [3.63, 3.8) is 0 Å². The SMILES string of the molecule is N[C@@H]1OC(=O)C[C@H]1Cc1ccccc1. The third kappa shape index (κ3) is 1.93. The molecule has 1 aromatic carbocycles. The molecule has 1 fully saturated rings. The Hall–Kier alpha value is -1.35. The second kappa shape index (κ2) is 3.80. The summed E-state index contributed by atoms with van der Waals surface area (Å²) in [4.78, 5) is 11.0. The summed E-state index contributed by atoms with van der Waals surface area (Å²) in [6.45, 7) is 0. The number of cyclic esters (lactones) is 1. The maximum Gasteiger partial charge on any atom is 0.307 e. The van der Waals surface area contributed by atoms with Gasteiger partial charge in [0.25, 0.3) is 0 Å². The highest BCUT2D eigenvalue weighted by Gasteiger charge is 2.31. The van der Waals surface area contributed by atoms with Crippen molar-refractivity contribution in [2.24, 2.45) is 11.7 Å². The lowest BCUT2D eigenvalue weighted by atomic mass is 9.97. The van der Waals surface area contributed by atoms with Gasteiger partial charge >= 0.3 is 5.97 Å². The van der Waals surface area contributed by atoms with E-state index in [2.05, 4.69) is 0 Å². The van der Waals surface area contributed by atoms with E-state index < -0.39 is 6.23 Å². The molecule has 14 heavy (non-hydrogen) atoms. The number of rotatable bonds is 2. The monoisotopic (exact) mass is 191 g/mol. The predicted molar refractivity (Wildman–Crippen MR) is 52.3 cm³/mol. The van der Waals surface area contributed by atoms with Crippen LogP contribution in [0.25, 0.3) is 0 Å². The zero-order chi connectivity index (χ0) is 9.97. The summed E-state index contributed by atoms with van der Waals surface area (Å²) in [5.74, 6) is -0.0525. The number of nitrogens with two attached hydrogens (primary N) is 1.